The second-order valence-corrected chi connectivity index (χ2v) is 5.95. The maximum atomic E-state index is 12.0. The minimum absolute atomic E-state index is 0. The zero-order valence-electron chi connectivity index (χ0n) is 13.0. The van der Waals surface area contributed by atoms with E-state index in [1.54, 1.807) is 0 Å². The Bertz CT molecular complexity index is 649. The van der Waals surface area contributed by atoms with E-state index in [2.05, 4.69) is 5.32 Å². The van der Waals surface area contributed by atoms with E-state index in [0.29, 0.717) is 6.04 Å². The molecule has 0 heterocycles. The maximum absolute atomic E-state index is 12.0. The van der Waals surface area contributed by atoms with Gasteiger partial charge in [0.2, 0.25) is 0 Å². The molecule has 0 aromatic heterocycles. The molecule has 3 rings (SSSR count). The molecule has 2 aromatic carbocycles. The number of rotatable bonds is 4. The van der Waals surface area contributed by atoms with Crippen molar-refractivity contribution in [2.24, 2.45) is 5.73 Å². The Morgan fingerprint density at radius 1 is 1.09 bits per heavy atom. The normalized spacial score (nSPS) is 20.6. The Hall–Kier alpha value is -1.78. The Balaban J connectivity index is 0.00000192. The minimum atomic E-state index is -0.0617. The topological polar surface area (TPSA) is 64.3 Å². The van der Waals surface area contributed by atoms with E-state index in [4.69, 9.17) is 10.5 Å². The van der Waals surface area contributed by atoms with Crippen LogP contribution in [0.15, 0.2) is 42.5 Å². The summed E-state index contributed by atoms with van der Waals surface area (Å²) < 4.78 is 5.71. The summed E-state index contributed by atoms with van der Waals surface area (Å²) in [7, 11) is 0. The van der Waals surface area contributed by atoms with Gasteiger partial charge in [-0.25, -0.2) is 0 Å². The molecule has 1 saturated carbocycles. The fraction of sp³-hybridized carbons (Fsp3) is 0.389. The fourth-order valence-electron chi connectivity index (χ4n) is 3.00. The Morgan fingerprint density at radius 2 is 1.78 bits per heavy atom. The Morgan fingerprint density at radius 3 is 2.57 bits per heavy atom. The van der Waals surface area contributed by atoms with Gasteiger partial charge in [0.15, 0.2) is 6.61 Å². The molecule has 0 spiro atoms. The standard InChI is InChI=1S/C18H22N2O2.ClH/c19-14-8-10-15(11-9-14)20-18(21)12-22-17-7-3-5-13-4-1-2-6-16(13)17;/h1-7,14-15H,8-12,19H2,(H,20,21);1H. The molecular weight excluding hydrogens is 312 g/mol. The first-order valence-electron chi connectivity index (χ1n) is 7.88. The summed E-state index contributed by atoms with van der Waals surface area (Å²) in [6, 6.07) is 14.4. The SMILES string of the molecule is Cl.NC1CCC(NC(=O)COc2cccc3ccccc23)CC1. The van der Waals surface area contributed by atoms with Gasteiger partial charge in [-0.1, -0.05) is 36.4 Å². The molecule has 1 aliphatic rings. The molecule has 124 valence electrons. The van der Waals surface area contributed by atoms with Crippen LogP contribution >= 0.6 is 12.4 Å². The van der Waals surface area contributed by atoms with Crippen LogP contribution in [0.25, 0.3) is 10.8 Å². The summed E-state index contributed by atoms with van der Waals surface area (Å²) in [5.74, 6) is 0.687. The van der Waals surface area contributed by atoms with Gasteiger partial charge in [-0.15, -0.1) is 12.4 Å². The lowest BCUT2D eigenvalue weighted by Crippen LogP contribution is -2.42. The summed E-state index contributed by atoms with van der Waals surface area (Å²) in [6.45, 7) is 0.0521. The van der Waals surface area contributed by atoms with Crippen molar-refractivity contribution >= 4 is 29.1 Å². The lowest BCUT2D eigenvalue weighted by molar-refractivity contribution is -0.124. The summed E-state index contributed by atoms with van der Waals surface area (Å²) >= 11 is 0. The lowest BCUT2D eigenvalue weighted by Gasteiger charge is -2.26. The average Bonchev–Trinajstić information content (AvgIpc) is 2.55. The summed E-state index contributed by atoms with van der Waals surface area (Å²) in [6.07, 6.45) is 3.88. The number of carbonyl (C=O) groups excluding carboxylic acids is 1. The van der Waals surface area contributed by atoms with Crippen molar-refractivity contribution < 1.29 is 9.53 Å². The molecule has 3 N–H and O–H groups in total. The van der Waals surface area contributed by atoms with Crippen LogP contribution in [0.4, 0.5) is 0 Å². The number of hydrogen-bond donors (Lipinski definition) is 2. The molecule has 1 amide bonds. The highest BCUT2D eigenvalue weighted by Gasteiger charge is 2.20. The van der Waals surface area contributed by atoms with E-state index in [0.717, 1.165) is 42.2 Å². The predicted octanol–water partition coefficient (Wildman–Crippen LogP) is 3.03. The number of nitrogens with one attached hydrogen (secondary N) is 1. The lowest BCUT2D eigenvalue weighted by atomic mass is 9.92. The van der Waals surface area contributed by atoms with Crippen LogP contribution in [0.3, 0.4) is 0 Å². The van der Waals surface area contributed by atoms with Gasteiger partial charge >= 0.3 is 0 Å². The highest BCUT2D eigenvalue weighted by atomic mass is 35.5. The molecule has 0 unspecified atom stereocenters. The van der Waals surface area contributed by atoms with Gasteiger partial charge in [-0.05, 0) is 37.1 Å². The number of benzene rings is 2. The minimum Gasteiger partial charge on any atom is -0.483 e. The van der Waals surface area contributed by atoms with Crippen molar-refractivity contribution in [2.75, 3.05) is 6.61 Å². The highest BCUT2D eigenvalue weighted by molar-refractivity contribution is 5.88. The van der Waals surface area contributed by atoms with Gasteiger partial charge in [0, 0.05) is 17.5 Å². The van der Waals surface area contributed by atoms with Crippen molar-refractivity contribution in [3.8, 4) is 5.75 Å². The third kappa shape index (κ3) is 4.60. The van der Waals surface area contributed by atoms with Crippen LogP contribution in [-0.2, 0) is 4.79 Å². The molecule has 0 radical (unpaired) electrons. The molecule has 4 nitrogen and oxygen atoms in total. The zero-order valence-corrected chi connectivity index (χ0v) is 13.9. The molecule has 2 aromatic rings. The Labute approximate surface area is 142 Å². The Kier molecular flexibility index (Phi) is 6.25. The van der Waals surface area contributed by atoms with E-state index in [1.807, 2.05) is 42.5 Å². The van der Waals surface area contributed by atoms with Crippen molar-refractivity contribution in [1.29, 1.82) is 0 Å². The molecule has 0 atom stereocenters. The highest BCUT2D eigenvalue weighted by Crippen LogP contribution is 2.25. The monoisotopic (exact) mass is 334 g/mol. The number of carbonyl (C=O) groups is 1. The predicted molar refractivity (Wildman–Crippen MR) is 95.1 cm³/mol. The summed E-state index contributed by atoms with van der Waals surface area (Å²) in [4.78, 5) is 12.0. The van der Waals surface area contributed by atoms with E-state index >= 15 is 0 Å². The van der Waals surface area contributed by atoms with Crippen LogP contribution in [0.5, 0.6) is 5.75 Å². The van der Waals surface area contributed by atoms with Crippen LogP contribution in [0.2, 0.25) is 0 Å². The number of amides is 1. The molecule has 0 bridgehead atoms. The molecule has 1 fully saturated rings. The first-order chi connectivity index (χ1) is 10.7. The second kappa shape index (κ2) is 8.18. The molecule has 5 heteroatoms. The summed E-state index contributed by atoms with van der Waals surface area (Å²) in [5, 5.41) is 5.18. The van der Waals surface area contributed by atoms with Crippen LogP contribution in [0.1, 0.15) is 25.7 Å². The van der Waals surface area contributed by atoms with E-state index in [1.165, 1.54) is 0 Å². The number of ether oxygens (including phenoxy) is 1. The number of halogens is 1. The van der Waals surface area contributed by atoms with Crippen LogP contribution in [-0.4, -0.2) is 24.6 Å². The average molecular weight is 335 g/mol. The third-order valence-electron chi connectivity index (χ3n) is 4.25. The molecular formula is C18H23ClN2O2. The van der Waals surface area contributed by atoms with Gasteiger partial charge < -0.3 is 15.8 Å². The van der Waals surface area contributed by atoms with Gasteiger partial charge in [0.25, 0.3) is 5.91 Å². The second-order valence-electron chi connectivity index (χ2n) is 5.95. The van der Waals surface area contributed by atoms with Gasteiger partial charge in [-0.2, -0.15) is 0 Å². The zero-order chi connectivity index (χ0) is 15.4. The van der Waals surface area contributed by atoms with E-state index in [-0.39, 0.29) is 31.0 Å². The molecule has 23 heavy (non-hydrogen) atoms. The first-order valence-corrected chi connectivity index (χ1v) is 7.88. The molecule has 0 aliphatic heterocycles. The van der Waals surface area contributed by atoms with Crippen LogP contribution in [0, 0.1) is 0 Å². The third-order valence-corrected chi connectivity index (χ3v) is 4.25. The smallest absolute Gasteiger partial charge is 0.258 e. The summed E-state index contributed by atoms with van der Waals surface area (Å²) in [5.41, 5.74) is 5.88. The van der Waals surface area contributed by atoms with E-state index in [9.17, 15) is 4.79 Å². The van der Waals surface area contributed by atoms with Crippen molar-refractivity contribution in [2.45, 2.75) is 37.8 Å². The van der Waals surface area contributed by atoms with Gasteiger partial charge in [0.1, 0.15) is 5.75 Å². The van der Waals surface area contributed by atoms with Crippen molar-refractivity contribution in [3.63, 3.8) is 0 Å². The van der Waals surface area contributed by atoms with Gasteiger partial charge in [0.05, 0.1) is 0 Å². The maximum Gasteiger partial charge on any atom is 0.258 e. The molecule has 1 aliphatic carbocycles. The largest absolute Gasteiger partial charge is 0.483 e. The first kappa shape index (κ1) is 17.6. The number of fused-ring (bicyclic) bond motifs is 1. The van der Waals surface area contributed by atoms with Crippen LogP contribution < -0.4 is 15.8 Å². The van der Waals surface area contributed by atoms with E-state index < -0.39 is 0 Å². The fourth-order valence-corrected chi connectivity index (χ4v) is 3.00. The number of nitrogens with two attached hydrogens (primary N) is 1. The van der Waals surface area contributed by atoms with Gasteiger partial charge in [-0.3, -0.25) is 4.79 Å². The number of hydrogen-bond acceptors (Lipinski definition) is 3. The molecule has 0 saturated heterocycles. The van der Waals surface area contributed by atoms with Crippen molar-refractivity contribution in [3.05, 3.63) is 42.5 Å². The quantitative estimate of drug-likeness (QED) is 0.903. The van der Waals surface area contributed by atoms with Crippen molar-refractivity contribution in [1.82, 2.24) is 5.32 Å².